The number of hydrogen-bond donors (Lipinski definition) is 1. The van der Waals surface area contributed by atoms with Crippen molar-refractivity contribution in [3.05, 3.63) is 21.2 Å². The van der Waals surface area contributed by atoms with Gasteiger partial charge in [0.05, 0.1) is 15.6 Å². The van der Waals surface area contributed by atoms with Crippen LogP contribution in [-0.4, -0.2) is 17.1 Å². The Morgan fingerprint density at radius 1 is 1.24 bits per heavy atom. The molecule has 0 aromatic carbocycles. The third-order valence-electron chi connectivity index (χ3n) is 4.21. The van der Waals surface area contributed by atoms with Crippen LogP contribution in [0.4, 0.5) is 0 Å². The molecule has 0 spiro atoms. The summed E-state index contributed by atoms with van der Waals surface area (Å²) in [6, 6.07) is 0. The van der Waals surface area contributed by atoms with Crippen molar-refractivity contribution in [3.8, 4) is 0 Å². The molecule has 2 rings (SSSR count). The Morgan fingerprint density at radius 3 is 2.43 bits per heavy atom. The Balaban J connectivity index is 2.19. The van der Waals surface area contributed by atoms with Crippen LogP contribution < -0.4 is 5.32 Å². The zero-order valence-electron chi connectivity index (χ0n) is 14.3. The molecular weight excluding hydrogens is 276 g/mol. The molecule has 1 aliphatic rings. The lowest BCUT2D eigenvalue weighted by Crippen LogP contribution is -2.38. The van der Waals surface area contributed by atoms with Crippen molar-refractivity contribution in [1.29, 1.82) is 0 Å². The smallest absolute Gasteiger partial charge is 0.0903 e. The molecule has 21 heavy (non-hydrogen) atoms. The fourth-order valence-electron chi connectivity index (χ4n) is 3.00. The number of hydrogen-bond acceptors (Lipinski definition) is 3. The number of aryl methyl sites for hydroxylation is 2. The average Bonchev–Trinajstić information content (AvgIpc) is 2.72. The second kappa shape index (κ2) is 7.06. The summed E-state index contributed by atoms with van der Waals surface area (Å²) < 4.78 is 0. The molecule has 0 unspecified atom stereocenters. The minimum Gasteiger partial charge on any atom is -0.308 e. The molecule has 0 bridgehead atoms. The lowest BCUT2D eigenvalue weighted by molar-refractivity contribution is 0.378. The number of thiazole rings is 1. The molecule has 3 heteroatoms. The van der Waals surface area contributed by atoms with Gasteiger partial charge in [-0.25, -0.2) is 4.98 Å². The van der Waals surface area contributed by atoms with Crippen molar-refractivity contribution in [3.63, 3.8) is 0 Å². The molecule has 0 aliphatic heterocycles. The lowest BCUT2D eigenvalue weighted by Gasteiger charge is -2.28. The van der Waals surface area contributed by atoms with E-state index in [9.17, 15) is 0 Å². The normalized spacial score (nSPS) is 18.2. The van der Waals surface area contributed by atoms with E-state index in [0.29, 0.717) is 0 Å². The standard InChI is InChI=1S/C18H30N2S/c1-13-17(21-14(2)20-13)11-16(12-19-18(3,4)5)15-9-7-6-8-10-15/h11,15,19H,6-10,12H2,1-5H3/b16-11-. The molecule has 118 valence electrons. The van der Waals surface area contributed by atoms with E-state index in [-0.39, 0.29) is 5.54 Å². The maximum atomic E-state index is 4.57. The molecule has 0 radical (unpaired) electrons. The van der Waals surface area contributed by atoms with E-state index in [4.69, 9.17) is 0 Å². The Kier molecular flexibility index (Phi) is 5.61. The van der Waals surface area contributed by atoms with Crippen molar-refractivity contribution < 1.29 is 0 Å². The molecular formula is C18H30N2S. The van der Waals surface area contributed by atoms with E-state index in [0.717, 1.165) is 12.5 Å². The molecule has 1 heterocycles. The molecule has 0 amide bonds. The second-order valence-corrected chi connectivity index (χ2v) is 8.58. The maximum absolute atomic E-state index is 4.57. The van der Waals surface area contributed by atoms with Gasteiger partial charge in [0.2, 0.25) is 0 Å². The van der Waals surface area contributed by atoms with Gasteiger partial charge in [-0.3, -0.25) is 0 Å². The van der Waals surface area contributed by atoms with Gasteiger partial charge in [-0.1, -0.05) is 24.8 Å². The third kappa shape index (κ3) is 5.23. The minimum absolute atomic E-state index is 0.173. The number of nitrogens with zero attached hydrogens (tertiary/aromatic N) is 1. The van der Waals surface area contributed by atoms with E-state index in [1.54, 1.807) is 5.57 Å². The van der Waals surface area contributed by atoms with Crippen LogP contribution in [0.25, 0.3) is 6.08 Å². The summed E-state index contributed by atoms with van der Waals surface area (Å²) in [4.78, 5) is 5.92. The summed E-state index contributed by atoms with van der Waals surface area (Å²) in [5.41, 5.74) is 2.94. The fraction of sp³-hybridized carbons (Fsp3) is 0.722. The third-order valence-corrected chi connectivity index (χ3v) is 5.23. The lowest BCUT2D eigenvalue weighted by atomic mass is 9.83. The van der Waals surface area contributed by atoms with Crippen LogP contribution in [0.15, 0.2) is 5.57 Å². The largest absolute Gasteiger partial charge is 0.308 e. The summed E-state index contributed by atoms with van der Waals surface area (Å²) in [6.07, 6.45) is 9.32. The van der Waals surface area contributed by atoms with Crippen LogP contribution in [-0.2, 0) is 0 Å². The molecule has 0 atom stereocenters. The molecule has 1 aliphatic carbocycles. The van der Waals surface area contributed by atoms with Gasteiger partial charge in [0.1, 0.15) is 0 Å². The molecule has 1 saturated carbocycles. The van der Waals surface area contributed by atoms with Gasteiger partial charge in [-0.15, -0.1) is 11.3 Å². The van der Waals surface area contributed by atoms with Crippen molar-refractivity contribution in [2.75, 3.05) is 6.54 Å². The maximum Gasteiger partial charge on any atom is 0.0903 e. The highest BCUT2D eigenvalue weighted by atomic mass is 32.1. The first-order valence-corrected chi connectivity index (χ1v) is 9.06. The van der Waals surface area contributed by atoms with Gasteiger partial charge in [-0.2, -0.15) is 0 Å². The first kappa shape index (κ1) is 16.7. The van der Waals surface area contributed by atoms with Crippen LogP contribution in [0.1, 0.15) is 68.5 Å². The van der Waals surface area contributed by atoms with Gasteiger partial charge < -0.3 is 5.32 Å². The first-order chi connectivity index (χ1) is 9.85. The van der Waals surface area contributed by atoms with Crippen molar-refractivity contribution >= 4 is 17.4 Å². The van der Waals surface area contributed by atoms with Gasteiger partial charge in [0.25, 0.3) is 0 Å². The first-order valence-electron chi connectivity index (χ1n) is 8.25. The van der Waals surface area contributed by atoms with Crippen LogP contribution in [0.3, 0.4) is 0 Å². The quantitative estimate of drug-likeness (QED) is 0.836. The molecule has 1 aromatic rings. The van der Waals surface area contributed by atoms with Crippen molar-refractivity contribution in [2.45, 2.75) is 72.3 Å². The summed E-state index contributed by atoms with van der Waals surface area (Å²) in [5.74, 6) is 0.760. The van der Waals surface area contributed by atoms with Gasteiger partial charge in [-0.05, 0) is 59.5 Å². The van der Waals surface area contributed by atoms with Crippen molar-refractivity contribution in [2.24, 2.45) is 5.92 Å². The van der Waals surface area contributed by atoms with E-state index < -0.39 is 0 Å². The Morgan fingerprint density at radius 2 is 1.90 bits per heavy atom. The molecule has 1 aromatic heterocycles. The number of rotatable bonds is 4. The SMILES string of the molecule is Cc1nc(C)c(/C=C(/CNC(C)(C)C)C2CCCCC2)s1. The van der Waals surface area contributed by atoms with Gasteiger partial charge in [0, 0.05) is 12.1 Å². The van der Waals surface area contributed by atoms with Crippen LogP contribution in [0, 0.1) is 19.8 Å². The highest BCUT2D eigenvalue weighted by Gasteiger charge is 2.20. The van der Waals surface area contributed by atoms with E-state index in [2.05, 4.69) is 51.0 Å². The highest BCUT2D eigenvalue weighted by Crippen LogP contribution is 2.32. The average molecular weight is 307 g/mol. The summed E-state index contributed by atoms with van der Waals surface area (Å²) >= 11 is 1.82. The van der Waals surface area contributed by atoms with Crippen LogP contribution >= 0.6 is 11.3 Å². The molecule has 1 fully saturated rings. The topological polar surface area (TPSA) is 24.9 Å². The van der Waals surface area contributed by atoms with E-state index in [1.165, 1.54) is 47.7 Å². The molecule has 1 N–H and O–H groups in total. The van der Waals surface area contributed by atoms with Crippen molar-refractivity contribution in [1.82, 2.24) is 10.3 Å². The Hall–Kier alpha value is -0.670. The Labute approximate surface area is 134 Å². The predicted molar refractivity (Wildman–Crippen MR) is 93.9 cm³/mol. The fourth-order valence-corrected chi connectivity index (χ4v) is 3.91. The second-order valence-electron chi connectivity index (χ2n) is 7.34. The minimum atomic E-state index is 0.173. The summed E-state index contributed by atoms with van der Waals surface area (Å²) in [7, 11) is 0. The van der Waals surface area contributed by atoms with E-state index in [1.807, 2.05) is 11.3 Å². The zero-order chi connectivity index (χ0) is 15.5. The summed E-state index contributed by atoms with van der Waals surface area (Å²) in [6.45, 7) is 12.0. The zero-order valence-corrected chi connectivity index (χ0v) is 15.1. The van der Waals surface area contributed by atoms with E-state index >= 15 is 0 Å². The molecule has 2 nitrogen and oxygen atoms in total. The number of aromatic nitrogens is 1. The number of nitrogens with one attached hydrogen (secondary N) is 1. The monoisotopic (exact) mass is 306 g/mol. The Bertz CT molecular complexity index is 488. The van der Waals surface area contributed by atoms with Crippen LogP contribution in [0.2, 0.25) is 0 Å². The van der Waals surface area contributed by atoms with Gasteiger partial charge in [0.15, 0.2) is 0 Å². The molecule has 0 saturated heterocycles. The van der Waals surface area contributed by atoms with Crippen LogP contribution in [0.5, 0.6) is 0 Å². The van der Waals surface area contributed by atoms with Gasteiger partial charge >= 0.3 is 0 Å². The highest BCUT2D eigenvalue weighted by molar-refractivity contribution is 7.12. The predicted octanol–water partition coefficient (Wildman–Crippen LogP) is 5.11. The summed E-state index contributed by atoms with van der Waals surface area (Å²) in [5, 5.41) is 4.85.